The molecule has 0 aromatic carbocycles. The molecule has 76 valence electrons. The van der Waals surface area contributed by atoms with Crippen LogP contribution in [0.1, 0.15) is 0 Å². The minimum absolute atomic E-state index is 0.439. The van der Waals surface area contributed by atoms with E-state index in [0.29, 0.717) is 12.1 Å². The highest BCUT2D eigenvalue weighted by Gasteiger charge is 2.28. The van der Waals surface area contributed by atoms with Crippen molar-refractivity contribution in [1.82, 2.24) is 10.2 Å². The van der Waals surface area contributed by atoms with E-state index in [1.165, 1.54) is 0 Å². The van der Waals surface area contributed by atoms with Crippen LogP contribution in [0.3, 0.4) is 0 Å². The Balaban J connectivity index is 1.82. The van der Waals surface area contributed by atoms with Gasteiger partial charge in [-0.15, -0.1) is 0 Å². The van der Waals surface area contributed by atoms with Crippen molar-refractivity contribution in [2.45, 2.75) is 12.1 Å². The van der Waals surface area contributed by atoms with Crippen molar-refractivity contribution in [2.24, 2.45) is 0 Å². The lowest BCUT2D eigenvalue weighted by Gasteiger charge is -2.39. The van der Waals surface area contributed by atoms with Crippen molar-refractivity contribution < 1.29 is 9.47 Å². The molecule has 0 bridgehead atoms. The van der Waals surface area contributed by atoms with Crippen molar-refractivity contribution in [3.05, 3.63) is 0 Å². The second-order valence-electron chi connectivity index (χ2n) is 3.78. The van der Waals surface area contributed by atoms with E-state index in [1.807, 2.05) is 0 Å². The van der Waals surface area contributed by atoms with Crippen LogP contribution in [0.2, 0.25) is 0 Å². The van der Waals surface area contributed by atoms with Gasteiger partial charge < -0.3 is 14.8 Å². The van der Waals surface area contributed by atoms with Crippen LogP contribution in [-0.4, -0.2) is 63.5 Å². The molecule has 1 N–H and O–H groups in total. The minimum atomic E-state index is 0.439. The molecule has 0 aromatic rings. The van der Waals surface area contributed by atoms with Gasteiger partial charge in [0, 0.05) is 19.1 Å². The fraction of sp³-hybridized carbons (Fsp3) is 1.00. The van der Waals surface area contributed by atoms with Gasteiger partial charge in [0.1, 0.15) is 0 Å². The average Bonchev–Trinajstić information content (AvgIpc) is 2.27. The van der Waals surface area contributed by atoms with Gasteiger partial charge in [0.2, 0.25) is 0 Å². The van der Waals surface area contributed by atoms with E-state index in [4.69, 9.17) is 9.47 Å². The smallest absolute Gasteiger partial charge is 0.0701 e. The average molecular weight is 186 g/mol. The van der Waals surface area contributed by atoms with E-state index >= 15 is 0 Å². The van der Waals surface area contributed by atoms with E-state index in [0.717, 1.165) is 39.5 Å². The van der Waals surface area contributed by atoms with E-state index < -0.39 is 0 Å². The van der Waals surface area contributed by atoms with Gasteiger partial charge in [-0.1, -0.05) is 0 Å². The Hall–Kier alpha value is -0.160. The molecule has 13 heavy (non-hydrogen) atoms. The Kier molecular flexibility index (Phi) is 3.16. The topological polar surface area (TPSA) is 33.7 Å². The summed E-state index contributed by atoms with van der Waals surface area (Å²) in [6, 6.07) is 1.12. The van der Waals surface area contributed by atoms with Gasteiger partial charge in [0.15, 0.2) is 0 Å². The molecular weight excluding hydrogens is 168 g/mol. The SMILES string of the molecule is CN(C1CNC1)C1COCCOC1. The van der Waals surface area contributed by atoms with E-state index in [1.54, 1.807) is 0 Å². The highest BCUT2D eigenvalue weighted by atomic mass is 16.5. The van der Waals surface area contributed by atoms with Crippen LogP contribution < -0.4 is 5.32 Å². The molecule has 0 aromatic heterocycles. The molecule has 2 aliphatic rings. The summed E-state index contributed by atoms with van der Waals surface area (Å²) in [4.78, 5) is 2.38. The van der Waals surface area contributed by atoms with Crippen molar-refractivity contribution in [3.63, 3.8) is 0 Å². The molecule has 2 aliphatic heterocycles. The number of hydrogen-bond acceptors (Lipinski definition) is 4. The summed E-state index contributed by atoms with van der Waals surface area (Å²) in [6.07, 6.45) is 0. The highest BCUT2D eigenvalue weighted by molar-refractivity contribution is 4.86. The van der Waals surface area contributed by atoms with Crippen LogP contribution >= 0.6 is 0 Å². The summed E-state index contributed by atoms with van der Waals surface area (Å²) in [5, 5.41) is 3.27. The maximum Gasteiger partial charge on any atom is 0.0701 e. The molecule has 4 heteroatoms. The van der Waals surface area contributed by atoms with Crippen molar-refractivity contribution in [2.75, 3.05) is 46.6 Å². The maximum absolute atomic E-state index is 5.46. The molecule has 0 spiro atoms. The summed E-state index contributed by atoms with van der Waals surface area (Å²) in [5.74, 6) is 0. The van der Waals surface area contributed by atoms with E-state index in [-0.39, 0.29) is 0 Å². The number of ether oxygens (including phenoxy) is 2. The Morgan fingerprint density at radius 2 is 1.69 bits per heavy atom. The van der Waals surface area contributed by atoms with Gasteiger partial charge in [-0.3, -0.25) is 4.90 Å². The molecule has 0 radical (unpaired) electrons. The molecule has 2 rings (SSSR count). The number of nitrogens with zero attached hydrogens (tertiary/aromatic N) is 1. The first-order chi connectivity index (χ1) is 6.38. The Morgan fingerprint density at radius 1 is 1.08 bits per heavy atom. The van der Waals surface area contributed by atoms with Gasteiger partial charge >= 0.3 is 0 Å². The second kappa shape index (κ2) is 4.37. The zero-order valence-electron chi connectivity index (χ0n) is 8.16. The Morgan fingerprint density at radius 3 is 2.15 bits per heavy atom. The zero-order valence-corrected chi connectivity index (χ0v) is 8.16. The number of rotatable bonds is 2. The fourth-order valence-electron chi connectivity index (χ4n) is 1.70. The lowest BCUT2D eigenvalue weighted by molar-refractivity contribution is 0.0444. The summed E-state index contributed by atoms with van der Waals surface area (Å²) < 4.78 is 10.9. The van der Waals surface area contributed by atoms with Gasteiger partial charge in [-0.25, -0.2) is 0 Å². The Bertz CT molecular complexity index is 154. The van der Waals surface area contributed by atoms with Crippen LogP contribution in [-0.2, 0) is 9.47 Å². The normalized spacial score (nSPS) is 27.2. The molecule has 2 saturated heterocycles. The van der Waals surface area contributed by atoms with E-state index in [2.05, 4.69) is 17.3 Å². The molecule has 2 heterocycles. The predicted molar refractivity (Wildman–Crippen MR) is 49.8 cm³/mol. The molecule has 0 amide bonds. The van der Waals surface area contributed by atoms with Crippen LogP contribution in [0.5, 0.6) is 0 Å². The van der Waals surface area contributed by atoms with E-state index in [9.17, 15) is 0 Å². The first-order valence-electron chi connectivity index (χ1n) is 4.96. The minimum Gasteiger partial charge on any atom is -0.377 e. The van der Waals surface area contributed by atoms with Crippen molar-refractivity contribution in [3.8, 4) is 0 Å². The Labute approximate surface area is 79.2 Å². The number of nitrogens with one attached hydrogen (secondary N) is 1. The van der Waals surface area contributed by atoms with Crippen LogP contribution in [0.15, 0.2) is 0 Å². The van der Waals surface area contributed by atoms with Gasteiger partial charge in [0.25, 0.3) is 0 Å². The predicted octanol–water partition coefficient (Wildman–Crippen LogP) is -0.695. The van der Waals surface area contributed by atoms with Gasteiger partial charge in [-0.2, -0.15) is 0 Å². The van der Waals surface area contributed by atoms with Gasteiger partial charge in [-0.05, 0) is 7.05 Å². The largest absolute Gasteiger partial charge is 0.377 e. The van der Waals surface area contributed by atoms with Crippen LogP contribution in [0.25, 0.3) is 0 Å². The quantitative estimate of drug-likeness (QED) is 0.618. The first kappa shape index (κ1) is 9.40. The molecule has 0 unspecified atom stereocenters. The third kappa shape index (κ3) is 2.20. The zero-order chi connectivity index (χ0) is 9.10. The summed E-state index contributed by atoms with van der Waals surface area (Å²) in [7, 11) is 2.16. The molecule has 0 aliphatic carbocycles. The van der Waals surface area contributed by atoms with Crippen molar-refractivity contribution in [1.29, 1.82) is 0 Å². The molecule has 0 saturated carbocycles. The third-order valence-corrected chi connectivity index (χ3v) is 2.90. The second-order valence-corrected chi connectivity index (χ2v) is 3.78. The van der Waals surface area contributed by atoms with Gasteiger partial charge in [0.05, 0.1) is 32.5 Å². The van der Waals surface area contributed by atoms with Crippen LogP contribution in [0.4, 0.5) is 0 Å². The molecule has 2 fully saturated rings. The van der Waals surface area contributed by atoms with Crippen LogP contribution in [0, 0.1) is 0 Å². The molecular formula is C9H18N2O2. The van der Waals surface area contributed by atoms with Crippen molar-refractivity contribution >= 4 is 0 Å². The summed E-state index contributed by atoms with van der Waals surface area (Å²) >= 11 is 0. The molecule has 4 nitrogen and oxygen atoms in total. The lowest BCUT2D eigenvalue weighted by atomic mass is 10.1. The monoisotopic (exact) mass is 186 g/mol. The lowest BCUT2D eigenvalue weighted by Crippen LogP contribution is -2.59. The first-order valence-corrected chi connectivity index (χ1v) is 4.96. The maximum atomic E-state index is 5.46. The summed E-state index contributed by atoms with van der Waals surface area (Å²) in [5.41, 5.74) is 0. The fourth-order valence-corrected chi connectivity index (χ4v) is 1.70. The standard InChI is InChI=1S/C9H18N2O2/c1-11(8-4-10-5-8)9-6-12-2-3-13-7-9/h8-10H,2-7H2,1H3. The number of hydrogen-bond donors (Lipinski definition) is 1. The highest BCUT2D eigenvalue weighted by Crippen LogP contribution is 2.09. The molecule has 0 atom stereocenters. The number of likely N-dealkylation sites (N-methyl/N-ethyl adjacent to an activating group) is 1. The summed E-state index contributed by atoms with van der Waals surface area (Å²) in [6.45, 7) is 5.32. The third-order valence-electron chi connectivity index (χ3n) is 2.90.